The van der Waals surface area contributed by atoms with E-state index < -0.39 is 0 Å². The molecule has 1 aromatic carbocycles. The molecular formula is C13H15BrCl2N4. The molecule has 0 aliphatic rings. The lowest BCUT2D eigenvalue weighted by atomic mass is 10.0. The van der Waals surface area contributed by atoms with E-state index in [-0.39, 0.29) is 6.04 Å². The monoisotopic (exact) mass is 376 g/mol. The van der Waals surface area contributed by atoms with Gasteiger partial charge in [0.1, 0.15) is 0 Å². The van der Waals surface area contributed by atoms with Crippen molar-refractivity contribution in [1.29, 1.82) is 0 Å². The van der Waals surface area contributed by atoms with Gasteiger partial charge in [-0.2, -0.15) is 5.10 Å². The Morgan fingerprint density at radius 1 is 1.40 bits per heavy atom. The number of hydrazine groups is 1. The summed E-state index contributed by atoms with van der Waals surface area (Å²) in [7, 11) is 0. The normalized spacial score (nSPS) is 12.7. The summed E-state index contributed by atoms with van der Waals surface area (Å²) >= 11 is 15.8. The standard InChI is InChI=1S/C13H15BrCl2N4/c1-2-5-20-13(11(16)7-18-20)12(19-17)8-3-4-9(14)10(15)6-8/h3-4,6-7,12,19H,2,5,17H2,1H3. The van der Waals surface area contributed by atoms with E-state index in [9.17, 15) is 0 Å². The van der Waals surface area contributed by atoms with E-state index in [1.165, 1.54) is 0 Å². The van der Waals surface area contributed by atoms with E-state index in [0.29, 0.717) is 10.0 Å². The molecule has 0 bridgehead atoms. The molecule has 0 radical (unpaired) electrons. The molecule has 0 fully saturated rings. The van der Waals surface area contributed by atoms with Crippen LogP contribution in [0.3, 0.4) is 0 Å². The van der Waals surface area contributed by atoms with Crippen LogP contribution >= 0.6 is 39.1 Å². The lowest BCUT2D eigenvalue weighted by molar-refractivity contribution is 0.521. The SMILES string of the molecule is CCCn1ncc(Cl)c1C(NN)c1ccc(Br)c(Cl)c1. The average Bonchev–Trinajstić information content (AvgIpc) is 2.77. The van der Waals surface area contributed by atoms with Gasteiger partial charge in [0.2, 0.25) is 0 Å². The van der Waals surface area contributed by atoms with Crippen LogP contribution in [0.1, 0.15) is 30.6 Å². The molecule has 0 spiro atoms. The highest BCUT2D eigenvalue weighted by molar-refractivity contribution is 9.10. The van der Waals surface area contributed by atoms with Crippen molar-refractivity contribution in [3.8, 4) is 0 Å². The topological polar surface area (TPSA) is 55.9 Å². The van der Waals surface area contributed by atoms with E-state index in [0.717, 1.165) is 28.7 Å². The van der Waals surface area contributed by atoms with Gasteiger partial charge in [-0.3, -0.25) is 10.5 Å². The number of aryl methyl sites for hydroxylation is 1. The van der Waals surface area contributed by atoms with Gasteiger partial charge in [-0.15, -0.1) is 0 Å². The molecule has 0 aliphatic carbocycles. The minimum atomic E-state index is -0.262. The van der Waals surface area contributed by atoms with Gasteiger partial charge in [0.25, 0.3) is 0 Å². The van der Waals surface area contributed by atoms with Crippen LogP contribution < -0.4 is 11.3 Å². The molecule has 1 heterocycles. The third kappa shape index (κ3) is 3.18. The first-order valence-corrected chi connectivity index (χ1v) is 7.75. The maximum Gasteiger partial charge on any atom is 0.0894 e. The second-order valence-electron chi connectivity index (χ2n) is 4.37. The Hall–Kier alpha value is -0.590. The molecule has 0 saturated heterocycles. The minimum absolute atomic E-state index is 0.262. The molecule has 0 saturated carbocycles. The number of rotatable bonds is 5. The first-order valence-electron chi connectivity index (χ1n) is 6.20. The van der Waals surface area contributed by atoms with Crippen molar-refractivity contribution in [2.24, 2.45) is 5.84 Å². The number of nitrogens with zero attached hydrogens (tertiary/aromatic N) is 2. The van der Waals surface area contributed by atoms with Crippen LogP contribution in [-0.4, -0.2) is 9.78 Å². The molecular weight excluding hydrogens is 363 g/mol. The fourth-order valence-corrected chi connectivity index (χ4v) is 2.76. The van der Waals surface area contributed by atoms with Crippen LogP contribution in [-0.2, 0) is 6.54 Å². The van der Waals surface area contributed by atoms with E-state index in [1.807, 2.05) is 22.9 Å². The van der Waals surface area contributed by atoms with Crippen LogP contribution in [0.15, 0.2) is 28.9 Å². The van der Waals surface area contributed by atoms with Crippen LogP contribution in [0.2, 0.25) is 10.0 Å². The van der Waals surface area contributed by atoms with Crippen molar-refractivity contribution in [3.05, 3.63) is 50.2 Å². The molecule has 2 aromatic rings. The number of aromatic nitrogens is 2. The van der Waals surface area contributed by atoms with Gasteiger partial charge in [-0.1, -0.05) is 36.2 Å². The Balaban J connectivity index is 2.46. The highest BCUT2D eigenvalue weighted by atomic mass is 79.9. The molecule has 0 amide bonds. The zero-order valence-corrected chi connectivity index (χ0v) is 14.0. The number of hydrogen-bond acceptors (Lipinski definition) is 3. The van der Waals surface area contributed by atoms with Gasteiger partial charge >= 0.3 is 0 Å². The summed E-state index contributed by atoms with van der Waals surface area (Å²) in [6.07, 6.45) is 2.60. The number of nitrogens with one attached hydrogen (secondary N) is 1. The molecule has 20 heavy (non-hydrogen) atoms. The summed E-state index contributed by atoms with van der Waals surface area (Å²) in [4.78, 5) is 0. The number of halogens is 3. The van der Waals surface area contributed by atoms with E-state index in [2.05, 4.69) is 33.4 Å². The smallest absolute Gasteiger partial charge is 0.0894 e. The number of benzene rings is 1. The lowest BCUT2D eigenvalue weighted by Crippen LogP contribution is -2.31. The Morgan fingerprint density at radius 3 is 2.75 bits per heavy atom. The zero-order chi connectivity index (χ0) is 14.7. The summed E-state index contributed by atoms with van der Waals surface area (Å²) in [5.74, 6) is 5.71. The first kappa shape index (κ1) is 15.8. The van der Waals surface area contributed by atoms with Gasteiger partial charge in [0.15, 0.2) is 0 Å². The number of hydrogen-bond donors (Lipinski definition) is 2. The predicted octanol–water partition coefficient (Wildman–Crippen LogP) is 3.92. The summed E-state index contributed by atoms with van der Waals surface area (Å²) in [5.41, 5.74) is 4.56. The lowest BCUT2D eigenvalue weighted by Gasteiger charge is -2.19. The van der Waals surface area contributed by atoms with Crippen LogP contribution in [0.4, 0.5) is 0 Å². The van der Waals surface area contributed by atoms with Gasteiger partial charge < -0.3 is 0 Å². The zero-order valence-electron chi connectivity index (χ0n) is 10.9. The highest BCUT2D eigenvalue weighted by Crippen LogP contribution is 2.31. The second kappa shape index (κ2) is 6.91. The fourth-order valence-electron chi connectivity index (χ4n) is 2.07. The van der Waals surface area contributed by atoms with E-state index in [4.69, 9.17) is 29.0 Å². The predicted molar refractivity (Wildman–Crippen MR) is 85.8 cm³/mol. The molecule has 2 rings (SSSR count). The first-order chi connectivity index (χ1) is 9.58. The Bertz CT molecular complexity index is 600. The molecule has 0 aliphatic heterocycles. The van der Waals surface area contributed by atoms with Crippen LogP contribution in [0.5, 0.6) is 0 Å². The summed E-state index contributed by atoms with van der Waals surface area (Å²) in [5, 5.41) is 5.50. The average molecular weight is 378 g/mol. The van der Waals surface area contributed by atoms with Crippen molar-refractivity contribution < 1.29 is 0 Å². The number of nitrogens with two attached hydrogens (primary N) is 1. The molecule has 1 aromatic heterocycles. The van der Waals surface area contributed by atoms with Gasteiger partial charge in [0, 0.05) is 11.0 Å². The van der Waals surface area contributed by atoms with Crippen molar-refractivity contribution in [2.45, 2.75) is 25.9 Å². The molecule has 1 atom stereocenters. The Kier molecular flexibility index (Phi) is 5.46. The molecule has 7 heteroatoms. The van der Waals surface area contributed by atoms with Gasteiger partial charge in [0.05, 0.1) is 28.0 Å². The van der Waals surface area contributed by atoms with Crippen molar-refractivity contribution in [3.63, 3.8) is 0 Å². The third-order valence-corrected chi connectivity index (χ3v) is 4.51. The maximum absolute atomic E-state index is 6.25. The van der Waals surface area contributed by atoms with Crippen LogP contribution in [0, 0.1) is 0 Å². The van der Waals surface area contributed by atoms with Crippen molar-refractivity contribution in [2.75, 3.05) is 0 Å². The quantitative estimate of drug-likeness (QED) is 0.613. The summed E-state index contributed by atoms with van der Waals surface area (Å²) in [6.45, 7) is 2.87. The van der Waals surface area contributed by atoms with E-state index >= 15 is 0 Å². The molecule has 1 unspecified atom stereocenters. The van der Waals surface area contributed by atoms with Crippen molar-refractivity contribution >= 4 is 39.1 Å². The maximum atomic E-state index is 6.25. The Labute approximate surface area is 136 Å². The minimum Gasteiger partial charge on any atom is -0.271 e. The van der Waals surface area contributed by atoms with E-state index in [1.54, 1.807) is 6.20 Å². The van der Waals surface area contributed by atoms with Crippen LogP contribution in [0.25, 0.3) is 0 Å². The molecule has 3 N–H and O–H groups in total. The van der Waals surface area contributed by atoms with Gasteiger partial charge in [-0.25, -0.2) is 5.43 Å². The van der Waals surface area contributed by atoms with Gasteiger partial charge in [-0.05, 0) is 40.0 Å². The Morgan fingerprint density at radius 2 is 2.15 bits per heavy atom. The van der Waals surface area contributed by atoms with Crippen molar-refractivity contribution in [1.82, 2.24) is 15.2 Å². The molecule has 108 valence electrons. The highest BCUT2D eigenvalue weighted by Gasteiger charge is 2.21. The summed E-state index contributed by atoms with van der Waals surface area (Å²) in [6, 6.07) is 5.42. The molecule has 4 nitrogen and oxygen atoms in total. The fraction of sp³-hybridized carbons (Fsp3) is 0.308. The summed E-state index contributed by atoms with van der Waals surface area (Å²) < 4.78 is 2.70. The second-order valence-corrected chi connectivity index (χ2v) is 6.04. The third-order valence-electron chi connectivity index (χ3n) is 2.99. The largest absolute Gasteiger partial charge is 0.271 e.